The van der Waals surface area contributed by atoms with Crippen LogP contribution < -0.4 is 0 Å². The minimum Gasteiger partial charge on any atom is -0.0620 e. The van der Waals surface area contributed by atoms with Crippen LogP contribution in [0.4, 0.5) is 0 Å². The third kappa shape index (κ3) is 6.06. The van der Waals surface area contributed by atoms with Gasteiger partial charge in [0.1, 0.15) is 0 Å². The Labute approximate surface area is 155 Å². The molecule has 0 saturated carbocycles. The molecule has 0 aliphatic heterocycles. The first-order valence-electron chi connectivity index (χ1n) is 10.5. The first kappa shape index (κ1) is 24.0. The van der Waals surface area contributed by atoms with Crippen molar-refractivity contribution in [2.24, 2.45) is 58.2 Å². The standard InChI is InChI=1S/C24H50/c1-15(17(3)19(5)21(7)23(9,10)11)16(2)18(4)20(6)22(8)24(12,13)14/h15-22H,1-14H3. The van der Waals surface area contributed by atoms with Crippen molar-refractivity contribution in [3.8, 4) is 0 Å². The van der Waals surface area contributed by atoms with Crippen molar-refractivity contribution in [3.05, 3.63) is 0 Å². The van der Waals surface area contributed by atoms with Crippen LogP contribution in [0.3, 0.4) is 0 Å². The van der Waals surface area contributed by atoms with Crippen molar-refractivity contribution in [1.82, 2.24) is 0 Å². The zero-order valence-corrected chi connectivity index (χ0v) is 19.6. The molecule has 146 valence electrons. The lowest BCUT2D eigenvalue weighted by atomic mass is 9.62. The minimum absolute atomic E-state index is 0.399. The topological polar surface area (TPSA) is 0 Å². The summed E-state index contributed by atoms with van der Waals surface area (Å²) < 4.78 is 0. The van der Waals surface area contributed by atoms with E-state index < -0.39 is 0 Å². The predicted octanol–water partition coefficient (Wildman–Crippen LogP) is 8.17. The van der Waals surface area contributed by atoms with Gasteiger partial charge in [-0.15, -0.1) is 0 Å². The molecule has 0 amide bonds. The molecule has 8 atom stereocenters. The van der Waals surface area contributed by atoms with Crippen molar-refractivity contribution >= 4 is 0 Å². The van der Waals surface area contributed by atoms with Gasteiger partial charge in [-0.25, -0.2) is 0 Å². The van der Waals surface area contributed by atoms with Gasteiger partial charge in [0, 0.05) is 0 Å². The molecule has 0 rings (SSSR count). The Balaban J connectivity index is 5.06. The Bertz CT molecular complexity index is 317. The van der Waals surface area contributed by atoms with Crippen molar-refractivity contribution in [1.29, 1.82) is 0 Å². The summed E-state index contributed by atoms with van der Waals surface area (Å²) in [5.74, 6) is 6.13. The highest BCUT2D eigenvalue weighted by molar-refractivity contribution is 4.85. The molecule has 8 unspecified atom stereocenters. The Morgan fingerprint density at radius 2 is 0.500 bits per heavy atom. The maximum absolute atomic E-state index is 2.51. The normalized spacial score (nSPS) is 23.8. The van der Waals surface area contributed by atoms with E-state index >= 15 is 0 Å². The fourth-order valence-corrected chi connectivity index (χ4v) is 4.40. The molecule has 0 spiro atoms. The molecule has 0 nitrogen and oxygen atoms in total. The van der Waals surface area contributed by atoms with E-state index in [-0.39, 0.29) is 0 Å². The van der Waals surface area contributed by atoms with Crippen molar-refractivity contribution in [3.63, 3.8) is 0 Å². The van der Waals surface area contributed by atoms with E-state index in [1.807, 2.05) is 0 Å². The average Bonchev–Trinajstić information content (AvgIpc) is 2.46. The average molecular weight is 339 g/mol. The highest BCUT2D eigenvalue weighted by atomic mass is 14.4. The van der Waals surface area contributed by atoms with Gasteiger partial charge < -0.3 is 0 Å². The fourth-order valence-electron chi connectivity index (χ4n) is 4.40. The van der Waals surface area contributed by atoms with Crippen molar-refractivity contribution in [2.75, 3.05) is 0 Å². The number of rotatable bonds is 7. The quantitative estimate of drug-likeness (QED) is 0.439. The molecule has 0 fully saturated rings. The largest absolute Gasteiger partial charge is 0.0620 e. The lowest BCUT2D eigenvalue weighted by Crippen LogP contribution is -2.36. The van der Waals surface area contributed by atoms with Crippen LogP contribution in [0.5, 0.6) is 0 Å². The summed E-state index contributed by atoms with van der Waals surface area (Å²) in [5, 5.41) is 0. The maximum atomic E-state index is 2.51. The third-order valence-electron chi connectivity index (χ3n) is 8.46. The summed E-state index contributed by atoms with van der Waals surface area (Å²) in [7, 11) is 0. The molecule has 0 heterocycles. The van der Waals surface area contributed by atoms with Gasteiger partial charge >= 0.3 is 0 Å². The lowest BCUT2D eigenvalue weighted by molar-refractivity contribution is 0.0557. The molecule has 0 heteroatoms. The first-order valence-corrected chi connectivity index (χ1v) is 10.5. The van der Waals surface area contributed by atoms with Gasteiger partial charge in [-0.3, -0.25) is 0 Å². The summed E-state index contributed by atoms with van der Waals surface area (Å²) >= 11 is 0. The predicted molar refractivity (Wildman–Crippen MR) is 112 cm³/mol. The zero-order valence-electron chi connectivity index (χ0n) is 19.6. The zero-order chi connectivity index (χ0) is 19.6. The number of hydrogen-bond acceptors (Lipinski definition) is 0. The SMILES string of the molecule is CC(C(C)C(C)C(C)C(C)C(C)(C)C)C(C)C(C)C(C)C(C)(C)C. The molecule has 0 bridgehead atoms. The molecule has 0 aliphatic rings. The smallest absolute Gasteiger partial charge is 0.0354 e. The van der Waals surface area contributed by atoms with Gasteiger partial charge in [0.2, 0.25) is 0 Å². The van der Waals surface area contributed by atoms with Crippen LogP contribution in [0.25, 0.3) is 0 Å². The molecule has 0 aromatic rings. The fraction of sp³-hybridized carbons (Fsp3) is 1.00. The van der Waals surface area contributed by atoms with Gasteiger partial charge in [-0.1, -0.05) is 96.9 Å². The molecular weight excluding hydrogens is 288 g/mol. The highest BCUT2D eigenvalue weighted by Crippen LogP contribution is 2.44. The van der Waals surface area contributed by atoms with Crippen LogP contribution in [0.2, 0.25) is 0 Å². The van der Waals surface area contributed by atoms with Crippen LogP contribution >= 0.6 is 0 Å². The summed E-state index contributed by atoms with van der Waals surface area (Å²) in [6.45, 7) is 34.2. The van der Waals surface area contributed by atoms with E-state index in [2.05, 4.69) is 96.9 Å². The van der Waals surface area contributed by atoms with Gasteiger partial charge in [0.15, 0.2) is 0 Å². The molecule has 0 aromatic heterocycles. The molecular formula is C24H50. The molecule has 0 aliphatic carbocycles. The van der Waals surface area contributed by atoms with Gasteiger partial charge in [0.25, 0.3) is 0 Å². The summed E-state index contributed by atoms with van der Waals surface area (Å²) in [6, 6.07) is 0. The molecule has 0 N–H and O–H groups in total. The van der Waals surface area contributed by atoms with Crippen LogP contribution in [0.1, 0.15) is 96.9 Å². The Morgan fingerprint density at radius 1 is 0.333 bits per heavy atom. The maximum Gasteiger partial charge on any atom is -0.0354 e. The van der Waals surface area contributed by atoms with E-state index in [1.165, 1.54) is 0 Å². The Morgan fingerprint density at radius 3 is 0.667 bits per heavy atom. The van der Waals surface area contributed by atoms with Crippen molar-refractivity contribution in [2.45, 2.75) is 96.9 Å². The number of hydrogen-bond donors (Lipinski definition) is 0. The van der Waals surface area contributed by atoms with Crippen LogP contribution in [0.15, 0.2) is 0 Å². The second-order valence-corrected chi connectivity index (χ2v) is 11.5. The van der Waals surface area contributed by atoms with E-state index in [4.69, 9.17) is 0 Å². The summed E-state index contributed by atoms with van der Waals surface area (Å²) in [4.78, 5) is 0. The van der Waals surface area contributed by atoms with Crippen LogP contribution in [0, 0.1) is 58.2 Å². The van der Waals surface area contributed by atoms with E-state index in [9.17, 15) is 0 Å². The molecule has 0 saturated heterocycles. The lowest BCUT2D eigenvalue weighted by Gasteiger charge is -2.43. The molecule has 24 heavy (non-hydrogen) atoms. The second kappa shape index (κ2) is 8.59. The van der Waals surface area contributed by atoms with Crippen LogP contribution in [-0.2, 0) is 0 Å². The molecule has 0 aromatic carbocycles. The molecule has 0 radical (unpaired) electrons. The summed E-state index contributed by atoms with van der Waals surface area (Å²) in [5.41, 5.74) is 0.798. The Kier molecular flexibility index (Phi) is 8.59. The first-order chi connectivity index (χ1) is 10.5. The van der Waals surface area contributed by atoms with E-state index in [1.54, 1.807) is 0 Å². The van der Waals surface area contributed by atoms with E-state index in [0.29, 0.717) is 10.8 Å². The highest BCUT2D eigenvalue weighted by Gasteiger charge is 2.37. The monoisotopic (exact) mass is 338 g/mol. The van der Waals surface area contributed by atoms with E-state index in [0.717, 1.165) is 47.3 Å². The second-order valence-electron chi connectivity index (χ2n) is 11.5. The van der Waals surface area contributed by atoms with Crippen LogP contribution in [-0.4, -0.2) is 0 Å². The van der Waals surface area contributed by atoms with Gasteiger partial charge in [-0.2, -0.15) is 0 Å². The third-order valence-corrected chi connectivity index (χ3v) is 8.46. The Hall–Kier alpha value is 0. The van der Waals surface area contributed by atoms with Gasteiger partial charge in [0.05, 0.1) is 0 Å². The summed E-state index contributed by atoms with van der Waals surface area (Å²) in [6.07, 6.45) is 0. The minimum atomic E-state index is 0.399. The van der Waals surface area contributed by atoms with Gasteiger partial charge in [-0.05, 0) is 58.2 Å². The van der Waals surface area contributed by atoms with Crippen molar-refractivity contribution < 1.29 is 0 Å².